The van der Waals surface area contributed by atoms with E-state index in [1.165, 1.54) is 6.92 Å². The summed E-state index contributed by atoms with van der Waals surface area (Å²) in [5.41, 5.74) is 1.39. The Labute approximate surface area is 176 Å². The predicted octanol–water partition coefficient (Wildman–Crippen LogP) is 2.67. The summed E-state index contributed by atoms with van der Waals surface area (Å²) in [6, 6.07) is 15.4. The number of rotatable bonds is 9. The van der Waals surface area contributed by atoms with Crippen molar-refractivity contribution in [3.8, 4) is 0 Å². The number of amides is 3. The van der Waals surface area contributed by atoms with Gasteiger partial charge < -0.3 is 15.5 Å². The van der Waals surface area contributed by atoms with Gasteiger partial charge in [-0.25, -0.2) is 0 Å². The quantitative estimate of drug-likeness (QED) is 0.618. The Morgan fingerprint density at radius 3 is 2.31 bits per heavy atom. The third kappa shape index (κ3) is 7.58. The number of carbonyl (C=O) groups is 3. The molecule has 0 bridgehead atoms. The van der Waals surface area contributed by atoms with Gasteiger partial charge in [-0.2, -0.15) is 0 Å². The molecular weight excluding hydrogens is 390 g/mol. The molecule has 3 amide bonds. The second-order valence-corrected chi connectivity index (χ2v) is 7.26. The zero-order valence-corrected chi connectivity index (χ0v) is 17.4. The maximum absolute atomic E-state index is 13.0. The van der Waals surface area contributed by atoms with Crippen LogP contribution in [0.4, 0.5) is 0 Å². The van der Waals surface area contributed by atoms with Crippen molar-refractivity contribution in [2.75, 3.05) is 20.1 Å². The topological polar surface area (TPSA) is 78.5 Å². The number of nitrogens with zero attached hydrogens (tertiary/aromatic N) is 1. The molecule has 7 heteroatoms. The number of benzene rings is 2. The Kier molecular flexibility index (Phi) is 8.68. The van der Waals surface area contributed by atoms with E-state index in [1.54, 1.807) is 36.2 Å². The van der Waals surface area contributed by atoms with E-state index in [2.05, 4.69) is 10.6 Å². The number of likely N-dealkylation sites (N-methyl/N-ethyl adjacent to an activating group) is 1. The van der Waals surface area contributed by atoms with Crippen molar-refractivity contribution < 1.29 is 14.4 Å². The molecule has 0 heterocycles. The van der Waals surface area contributed by atoms with Crippen LogP contribution in [0.1, 0.15) is 29.3 Å². The van der Waals surface area contributed by atoms with Crippen LogP contribution in [0.15, 0.2) is 54.6 Å². The first-order valence-electron chi connectivity index (χ1n) is 9.46. The Morgan fingerprint density at radius 2 is 1.69 bits per heavy atom. The molecule has 0 radical (unpaired) electrons. The van der Waals surface area contributed by atoms with E-state index in [1.807, 2.05) is 30.3 Å². The zero-order chi connectivity index (χ0) is 21.2. The van der Waals surface area contributed by atoms with Crippen LogP contribution in [0.25, 0.3) is 0 Å². The molecule has 0 aliphatic heterocycles. The second kappa shape index (κ2) is 11.2. The summed E-state index contributed by atoms with van der Waals surface area (Å²) in [6.45, 7) is 2.42. The van der Waals surface area contributed by atoms with Gasteiger partial charge in [-0.3, -0.25) is 14.4 Å². The maximum Gasteiger partial charge on any atom is 0.251 e. The summed E-state index contributed by atoms with van der Waals surface area (Å²) in [5, 5.41) is 6.10. The van der Waals surface area contributed by atoms with E-state index >= 15 is 0 Å². The van der Waals surface area contributed by atoms with Crippen LogP contribution in [0.5, 0.6) is 0 Å². The Balaban J connectivity index is 2.07. The molecule has 0 fully saturated rings. The molecule has 0 aliphatic rings. The summed E-state index contributed by atoms with van der Waals surface area (Å²) in [7, 11) is 1.70. The molecule has 1 atom stereocenters. The molecule has 0 saturated heterocycles. The van der Waals surface area contributed by atoms with E-state index in [9.17, 15) is 14.4 Å². The lowest BCUT2D eigenvalue weighted by Crippen LogP contribution is -2.49. The molecule has 0 aromatic heterocycles. The first-order chi connectivity index (χ1) is 13.9. The molecule has 0 saturated carbocycles. The number of halogens is 1. The highest BCUT2D eigenvalue weighted by Gasteiger charge is 2.24. The standard InChI is InChI=1S/C22H26ClN3O3/c1-16(27)24-13-6-14-26(2)22(29)20(15-17-7-4-3-5-8-17)25-21(28)18-9-11-19(23)12-10-18/h3-5,7-12,20H,6,13-15H2,1-2H3,(H,24,27)(H,25,28). The number of nitrogens with one attached hydrogen (secondary N) is 2. The minimum absolute atomic E-state index is 0.101. The Bertz CT molecular complexity index is 825. The van der Waals surface area contributed by atoms with Gasteiger partial charge in [0.1, 0.15) is 6.04 Å². The lowest BCUT2D eigenvalue weighted by Gasteiger charge is -2.25. The SMILES string of the molecule is CC(=O)NCCCN(C)C(=O)C(Cc1ccccc1)NC(=O)c1ccc(Cl)cc1. The van der Waals surface area contributed by atoms with Crippen molar-refractivity contribution in [3.05, 3.63) is 70.7 Å². The van der Waals surface area contributed by atoms with Gasteiger partial charge in [0.15, 0.2) is 0 Å². The van der Waals surface area contributed by atoms with Crippen LogP contribution in [0, 0.1) is 0 Å². The van der Waals surface area contributed by atoms with Gasteiger partial charge in [0, 0.05) is 44.1 Å². The molecule has 6 nitrogen and oxygen atoms in total. The zero-order valence-electron chi connectivity index (χ0n) is 16.7. The average Bonchev–Trinajstić information content (AvgIpc) is 2.71. The number of hydrogen-bond donors (Lipinski definition) is 2. The fraction of sp³-hybridized carbons (Fsp3) is 0.318. The van der Waals surface area contributed by atoms with Gasteiger partial charge in [0.2, 0.25) is 11.8 Å². The molecule has 1 unspecified atom stereocenters. The predicted molar refractivity (Wildman–Crippen MR) is 114 cm³/mol. The van der Waals surface area contributed by atoms with Gasteiger partial charge in [0.05, 0.1) is 0 Å². The summed E-state index contributed by atoms with van der Waals surface area (Å²) in [5.74, 6) is -0.613. The number of carbonyl (C=O) groups excluding carboxylic acids is 3. The third-order valence-electron chi connectivity index (χ3n) is 4.41. The van der Waals surface area contributed by atoms with Crippen molar-refractivity contribution in [2.45, 2.75) is 25.8 Å². The molecule has 0 aliphatic carbocycles. The van der Waals surface area contributed by atoms with Crippen molar-refractivity contribution >= 4 is 29.3 Å². The number of hydrogen-bond acceptors (Lipinski definition) is 3. The summed E-state index contributed by atoms with van der Waals surface area (Å²) in [4.78, 5) is 38.2. The van der Waals surface area contributed by atoms with Crippen LogP contribution < -0.4 is 10.6 Å². The average molecular weight is 416 g/mol. The molecule has 2 rings (SSSR count). The van der Waals surface area contributed by atoms with Crippen molar-refractivity contribution in [2.24, 2.45) is 0 Å². The lowest BCUT2D eigenvalue weighted by atomic mass is 10.0. The highest BCUT2D eigenvalue weighted by Crippen LogP contribution is 2.11. The van der Waals surface area contributed by atoms with Crippen LogP contribution in [0.2, 0.25) is 5.02 Å². The Hall–Kier alpha value is -2.86. The minimum Gasteiger partial charge on any atom is -0.356 e. The van der Waals surface area contributed by atoms with Crippen molar-refractivity contribution in [1.82, 2.24) is 15.5 Å². The largest absolute Gasteiger partial charge is 0.356 e. The van der Waals surface area contributed by atoms with Crippen molar-refractivity contribution in [3.63, 3.8) is 0 Å². The smallest absolute Gasteiger partial charge is 0.251 e. The molecule has 154 valence electrons. The van der Waals surface area contributed by atoms with Crippen LogP contribution in [-0.2, 0) is 16.0 Å². The van der Waals surface area contributed by atoms with E-state index in [4.69, 9.17) is 11.6 Å². The monoisotopic (exact) mass is 415 g/mol. The first-order valence-corrected chi connectivity index (χ1v) is 9.84. The van der Waals surface area contributed by atoms with Crippen molar-refractivity contribution in [1.29, 1.82) is 0 Å². The molecule has 2 aromatic rings. The van der Waals surface area contributed by atoms with Crippen LogP contribution in [0.3, 0.4) is 0 Å². The highest BCUT2D eigenvalue weighted by atomic mass is 35.5. The lowest BCUT2D eigenvalue weighted by molar-refractivity contribution is -0.132. The van der Waals surface area contributed by atoms with E-state index in [0.717, 1.165) is 5.56 Å². The van der Waals surface area contributed by atoms with Crippen LogP contribution >= 0.6 is 11.6 Å². The van der Waals surface area contributed by atoms with Gasteiger partial charge in [-0.05, 0) is 36.2 Å². The summed E-state index contributed by atoms with van der Waals surface area (Å²) >= 11 is 5.88. The molecular formula is C22H26ClN3O3. The highest BCUT2D eigenvalue weighted by molar-refractivity contribution is 6.30. The summed E-state index contributed by atoms with van der Waals surface area (Å²) < 4.78 is 0. The van der Waals surface area contributed by atoms with E-state index in [-0.39, 0.29) is 17.7 Å². The normalized spacial score (nSPS) is 11.4. The van der Waals surface area contributed by atoms with E-state index < -0.39 is 6.04 Å². The third-order valence-corrected chi connectivity index (χ3v) is 4.66. The molecule has 0 spiro atoms. The Morgan fingerprint density at radius 1 is 1.03 bits per heavy atom. The van der Waals surface area contributed by atoms with Gasteiger partial charge in [0.25, 0.3) is 5.91 Å². The molecule has 29 heavy (non-hydrogen) atoms. The fourth-order valence-corrected chi connectivity index (χ4v) is 2.98. The van der Waals surface area contributed by atoms with Gasteiger partial charge in [-0.15, -0.1) is 0 Å². The first kappa shape index (κ1) is 22.4. The molecule has 2 N–H and O–H groups in total. The van der Waals surface area contributed by atoms with Gasteiger partial charge >= 0.3 is 0 Å². The van der Waals surface area contributed by atoms with Gasteiger partial charge in [-0.1, -0.05) is 41.9 Å². The van der Waals surface area contributed by atoms with Crippen LogP contribution in [-0.4, -0.2) is 48.8 Å². The second-order valence-electron chi connectivity index (χ2n) is 6.82. The molecule has 2 aromatic carbocycles. The summed E-state index contributed by atoms with van der Waals surface area (Å²) in [6.07, 6.45) is 1.01. The van der Waals surface area contributed by atoms with E-state index in [0.29, 0.717) is 36.5 Å². The minimum atomic E-state index is -0.702. The fourth-order valence-electron chi connectivity index (χ4n) is 2.85. The maximum atomic E-state index is 13.0.